The Morgan fingerprint density at radius 1 is 1.31 bits per heavy atom. The average molecular weight is 241 g/mol. The van der Waals surface area contributed by atoms with Crippen molar-refractivity contribution in [2.24, 2.45) is 5.92 Å². The molecular weight excluding hydrogens is 222 g/mol. The monoisotopic (exact) mass is 241 g/mol. The summed E-state index contributed by atoms with van der Waals surface area (Å²) in [6.07, 6.45) is 0.969. The molecule has 0 spiro atoms. The topological polar surface area (TPSA) is 46.2 Å². The first kappa shape index (κ1) is 13.2. The van der Waals surface area contributed by atoms with Crippen LogP contribution in [0.3, 0.4) is 0 Å². The smallest absolute Gasteiger partial charge is 0.211 e. The SMILES string of the molecule is CCC(C)CNS(=O)(=O)c1ccccc1C. The molecule has 0 bridgehead atoms. The van der Waals surface area contributed by atoms with Gasteiger partial charge in [0.25, 0.3) is 0 Å². The van der Waals surface area contributed by atoms with Crippen molar-refractivity contribution < 1.29 is 8.42 Å². The number of nitrogens with one attached hydrogen (secondary N) is 1. The van der Waals surface area contributed by atoms with Crippen LogP contribution in [0.1, 0.15) is 25.8 Å². The van der Waals surface area contributed by atoms with E-state index in [1.54, 1.807) is 25.1 Å². The Hall–Kier alpha value is -0.870. The lowest BCUT2D eigenvalue weighted by Crippen LogP contribution is -2.28. The van der Waals surface area contributed by atoms with Crippen molar-refractivity contribution in [3.63, 3.8) is 0 Å². The highest BCUT2D eigenvalue weighted by Crippen LogP contribution is 2.14. The van der Waals surface area contributed by atoms with Crippen LogP contribution in [0.2, 0.25) is 0 Å². The van der Waals surface area contributed by atoms with Crippen LogP contribution in [-0.2, 0) is 10.0 Å². The van der Waals surface area contributed by atoms with E-state index in [2.05, 4.69) is 4.72 Å². The third kappa shape index (κ3) is 3.32. The molecule has 1 N–H and O–H groups in total. The van der Waals surface area contributed by atoms with Gasteiger partial charge in [0.15, 0.2) is 0 Å². The maximum atomic E-state index is 12.0. The lowest BCUT2D eigenvalue weighted by Gasteiger charge is -2.12. The van der Waals surface area contributed by atoms with Crippen molar-refractivity contribution in [2.45, 2.75) is 32.1 Å². The fraction of sp³-hybridized carbons (Fsp3) is 0.500. The van der Waals surface area contributed by atoms with Crippen LogP contribution in [0.4, 0.5) is 0 Å². The minimum absolute atomic E-state index is 0.360. The predicted molar refractivity (Wildman–Crippen MR) is 65.8 cm³/mol. The Morgan fingerprint density at radius 3 is 2.50 bits per heavy atom. The van der Waals surface area contributed by atoms with Crippen molar-refractivity contribution in [1.82, 2.24) is 4.72 Å². The van der Waals surface area contributed by atoms with Crippen LogP contribution in [-0.4, -0.2) is 15.0 Å². The lowest BCUT2D eigenvalue weighted by atomic mass is 10.1. The summed E-state index contributed by atoms with van der Waals surface area (Å²) in [7, 11) is -3.35. The van der Waals surface area contributed by atoms with Gasteiger partial charge in [0.1, 0.15) is 0 Å². The van der Waals surface area contributed by atoms with E-state index in [0.29, 0.717) is 17.4 Å². The highest BCUT2D eigenvalue weighted by atomic mass is 32.2. The van der Waals surface area contributed by atoms with E-state index in [4.69, 9.17) is 0 Å². The molecule has 1 rings (SSSR count). The number of rotatable bonds is 5. The highest BCUT2D eigenvalue weighted by Gasteiger charge is 2.16. The quantitative estimate of drug-likeness (QED) is 0.860. The van der Waals surface area contributed by atoms with E-state index in [0.717, 1.165) is 12.0 Å². The first-order valence-corrected chi connectivity index (χ1v) is 7.01. The molecule has 0 aliphatic heterocycles. The standard InChI is InChI=1S/C12H19NO2S/c1-4-10(2)9-13-16(14,15)12-8-6-5-7-11(12)3/h5-8,10,13H,4,9H2,1-3H3. The van der Waals surface area contributed by atoms with Crippen LogP contribution in [0, 0.1) is 12.8 Å². The van der Waals surface area contributed by atoms with Gasteiger partial charge in [0, 0.05) is 6.54 Å². The molecule has 0 aliphatic rings. The first-order chi connectivity index (χ1) is 7.47. The molecule has 0 aromatic heterocycles. The zero-order valence-corrected chi connectivity index (χ0v) is 10.8. The maximum Gasteiger partial charge on any atom is 0.240 e. The lowest BCUT2D eigenvalue weighted by molar-refractivity contribution is 0.528. The molecule has 0 aliphatic carbocycles. The summed E-state index contributed by atoms with van der Waals surface area (Å²) in [6.45, 7) is 6.37. The molecule has 0 amide bonds. The Labute approximate surface area is 97.9 Å². The van der Waals surface area contributed by atoms with Gasteiger partial charge in [-0.25, -0.2) is 13.1 Å². The average Bonchev–Trinajstić information content (AvgIpc) is 2.26. The molecule has 90 valence electrons. The molecule has 1 aromatic carbocycles. The number of aryl methyl sites for hydroxylation is 1. The number of hydrogen-bond donors (Lipinski definition) is 1. The van der Waals surface area contributed by atoms with Crippen LogP contribution in [0.15, 0.2) is 29.2 Å². The van der Waals surface area contributed by atoms with Gasteiger partial charge in [-0.3, -0.25) is 0 Å². The molecule has 1 aromatic rings. The summed E-state index contributed by atoms with van der Waals surface area (Å²) in [6, 6.07) is 7.01. The summed E-state index contributed by atoms with van der Waals surface area (Å²) in [4.78, 5) is 0.373. The van der Waals surface area contributed by atoms with Crippen molar-refractivity contribution >= 4 is 10.0 Å². The van der Waals surface area contributed by atoms with Crippen LogP contribution in [0.5, 0.6) is 0 Å². The molecule has 0 fully saturated rings. The van der Waals surface area contributed by atoms with Crippen LogP contribution in [0.25, 0.3) is 0 Å². The van der Waals surface area contributed by atoms with Gasteiger partial charge in [-0.05, 0) is 24.5 Å². The molecule has 3 nitrogen and oxygen atoms in total. The molecule has 0 saturated heterocycles. The van der Waals surface area contributed by atoms with Gasteiger partial charge in [0.05, 0.1) is 4.90 Å². The van der Waals surface area contributed by atoms with E-state index in [-0.39, 0.29) is 0 Å². The van der Waals surface area contributed by atoms with Gasteiger partial charge < -0.3 is 0 Å². The number of hydrogen-bond acceptors (Lipinski definition) is 2. The molecule has 16 heavy (non-hydrogen) atoms. The Kier molecular flexibility index (Phi) is 4.50. The zero-order chi connectivity index (χ0) is 12.2. The minimum atomic E-state index is -3.35. The van der Waals surface area contributed by atoms with Crippen LogP contribution < -0.4 is 4.72 Å². The van der Waals surface area contributed by atoms with E-state index >= 15 is 0 Å². The van der Waals surface area contributed by atoms with Gasteiger partial charge in [-0.15, -0.1) is 0 Å². The molecule has 0 radical (unpaired) electrons. The van der Waals surface area contributed by atoms with Gasteiger partial charge in [-0.2, -0.15) is 0 Å². The molecule has 1 unspecified atom stereocenters. The third-order valence-electron chi connectivity index (χ3n) is 2.70. The molecule has 1 atom stereocenters. The van der Waals surface area contributed by atoms with Gasteiger partial charge in [0.2, 0.25) is 10.0 Å². The van der Waals surface area contributed by atoms with E-state index in [1.807, 2.05) is 19.9 Å². The fourth-order valence-electron chi connectivity index (χ4n) is 1.33. The third-order valence-corrected chi connectivity index (χ3v) is 4.29. The van der Waals surface area contributed by atoms with Crippen molar-refractivity contribution in [3.8, 4) is 0 Å². The summed E-state index contributed by atoms with van der Waals surface area (Å²) in [5, 5.41) is 0. The van der Waals surface area contributed by atoms with Crippen molar-refractivity contribution in [3.05, 3.63) is 29.8 Å². The molecular formula is C12H19NO2S. The highest BCUT2D eigenvalue weighted by molar-refractivity contribution is 7.89. The second-order valence-electron chi connectivity index (χ2n) is 4.13. The Balaban J connectivity index is 2.83. The first-order valence-electron chi connectivity index (χ1n) is 5.52. The summed E-state index contributed by atoms with van der Waals surface area (Å²) in [5.74, 6) is 0.360. The van der Waals surface area contributed by atoms with Crippen molar-refractivity contribution in [2.75, 3.05) is 6.54 Å². The largest absolute Gasteiger partial charge is 0.240 e. The normalized spacial score (nSPS) is 13.7. The number of benzene rings is 1. The van der Waals surface area contributed by atoms with Crippen molar-refractivity contribution in [1.29, 1.82) is 0 Å². The maximum absolute atomic E-state index is 12.0. The predicted octanol–water partition coefficient (Wildman–Crippen LogP) is 2.32. The van der Waals surface area contributed by atoms with E-state index in [9.17, 15) is 8.42 Å². The Morgan fingerprint density at radius 2 is 1.94 bits per heavy atom. The van der Waals surface area contributed by atoms with Gasteiger partial charge >= 0.3 is 0 Å². The molecule has 0 heterocycles. The number of sulfonamides is 1. The Bertz CT molecular complexity index is 440. The van der Waals surface area contributed by atoms with E-state index in [1.165, 1.54) is 0 Å². The van der Waals surface area contributed by atoms with E-state index < -0.39 is 10.0 Å². The summed E-state index contributed by atoms with van der Waals surface area (Å²) in [5.41, 5.74) is 0.777. The second-order valence-corrected chi connectivity index (χ2v) is 5.87. The summed E-state index contributed by atoms with van der Waals surface area (Å²) >= 11 is 0. The van der Waals surface area contributed by atoms with Crippen LogP contribution >= 0.6 is 0 Å². The zero-order valence-electron chi connectivity index (χ0n) is 10.0. The van der Waals surface area contributed by atoms with Gasteiger partial charge in [-0.1, -0.05) is 38.5 Å². The second kappa shape index (κ2) is 5.46. The summed E-state index contributed by atoms with van der Waals surface area (Å²) < 4.78 is 26.6. The molecule has 0 saturated carbocycles. The molecule has 4 heteroatoms. The minimum Gasteiger partial charge on any atom is -0.211 e. The fourth-order valence-corrected chi connectivity index (χ4v) is 2.74.